The van der Waals surface area contributed by atoms with E-state index in [0.29, 0.717) is 16.8 Å². The van der Waals surface area contributed by atoms with Gasteiger partial charge in [-0.2, -0.15) is 0 Å². The fourth-order valence-corrected chi connectivity index (χ4v) is 2.23. The Balaban J connectivity index is 2.34. The van der Waals surface area contributed by atoms with E-state index in [-0.39, 0.29) is 11.4 Å². The SMILES string of the molecule is NNC(Cc1cccc(Cl)c1F)c1cc(F)ccc1N. The lowest BCUT2D eigenvalue weighted by Crippen LogP contribution is -2.30. The smallest absolute Gasteiger partial charge is 0.145 e. The Morgan fingerprint density at radius 1 is 1.20 bits per heavy atom. The van der Waals surface area contributed by atoms with Gasteiger partial charge in [0.1, 0.15) is 11.6 Å². The van der Waals surface area contributed by atoms with Crippen molar-refractivity contribution in [3.05, 3.63) is 64.2 Å². The predicted octanol–water partition coefficient (Wildman–Crippen LogP) is 2.95. The largest absolute Gasteiger partial charge is 0.398 e. The number of nitrogens with one attached hydrogen (secondary N) is 1. The molecule has 0 fully saturated rings. The summed E-state index contributed by atoms with van der Waals surface area (Å²) in [4.78, 5) is 0. The zero-order chi connectivity index (χ0) is 14.7. The Morgan fingerprint density at radius 3 is 2.65 bits per heavy atom. The second-order valence-corrected chi connectivity index (χ2v) is 4.82. The molecule has 106 valence electrons. The van der Waals surface area contributed by atoms with Crippen molar-refractivity contribution in [2.75, 3.05) is 5.73 Å². The van der Waals surface area contributed by atoms with E-state index in [1.54, 1.807) is 12.1 Å². The molecular formula is C14H14ClF2N3. The molecule has 2 rings (SSSR count). The summed E-state index contributed by atoms with van der Waals surface area (Å²) in [5.74, 6) is 4.54. The third kappa shape index (κ3) is 3.07. The van der Waals surface area contributed by atoms with Crippen LogP contribution in [-0.4, -0.2) is 0 Å². The monoisotopic (exact) mass is 297 g/mol. The van der Waals surface area contributed by atoms with Crippen molar-refractivity contribution in [3.8, 4) is 0 Å². The fraction of sp³-hybridized carbons (Fsp3) is 0.143. The first-order chi connectivity index (χ1) is 9.52. The number of rotatable bonds is 4. The van der Waals surface area contributed by atoms with Gasteiger partial charge < -0.3 is 5.73 Å². The number of benzene rings is 2. The lowest BCUT2D eigenvalue weighted by Gasteiger charge is -2.19. The average Bonchev–Trinajstić information content (AvgIpc) is 2.43. The van der Waals surface area contributed by atoms with Gasteiger partial charge in [0.2, 0.25) is 0 Å². The minimum atomic E-state index is -0.515. The Hall–Kier alpha value is -1.69. The zero-order valence-corrected chi connectivity index (χ0v) is 11.3. The zero-order valence-electron chi connectivity index (χ0n) is 10.5. The van der Waals surface area contributed by atoms with Gasteiger partial charge in [-0.05, 0) is 41.8 Å². The molecule has 1 atom stereocenters. The Morgan fingerprint density at radius 2 is 1.95 bits per heavy atom. The predicted molar refractivity (Wildman–Crippen MR) is 76.0 cm³/mol. The molecule has 20 heavy (non-hydrogen) atoms. The van der Waals surface area contributed by atoms with Crippen molar-refractivity contribution >= 4 is 17.3 Å². The molecule has 0 aromatic heterocycles. The number of hydrazine groups is 1. The standard InChI is InChI=1S/C14H14ClF2N3/c15-11-3-1-2-8(14(11)17)6-13(20-19)10-7-9(16)4-5-12(10)18/h1-5,7,13,20H,6,18-19H2. The van der Waals surface area contributed by atoms with E-state index in [2.05, 4.69) is 5.43 Å². The van der Waals surface area contributed by atoms with Gasteiger partial charge in [-0.3, -0.25) is 11.3 Å². The highest BCUT2D eigenvalue weighted by Crippen LogP contribution is 2.27. The summed E-state index contributed by atoms with van der Waals surface area (Å²) >= 11 is 5.73. The highest BCUT2D eigenvalue weighted by Gasteiger charge is 2.17. The summed E-state index contributed by atoms with van der Waals surface area (Å²) in [6, 6.07) is 8.17. The average molecular weight is 298 g/mol. The number of nitrogen functional groups attached to an aromatic ring is 1. The summed E-state index contributed by atoms with van der Waals surface area (Å²) in [5, 5.41) is 0.0329. The maximum Gasteiger partial charge on any atom is 0.145 e. The van der Waals surface area contributed by atoms with Crippen molar-refractivity contribution in [1.82, 2.24) is 5.43 Å². The molecule has 0 heterocycles. The summed E-state index contributed by atoms with van der Waals surface area (Å²) in [7, 11) is 0. The van der Waals surface area contributed by atoms with Crippen LogP contribution in [0.5, 0.6) is 0 Å². The van der Waals surface area contributed by atoms with Crippen LogP contribution in [0.25, 0.3) is 0 Å². The van der Waals surface area contributed by atoms with Crippen molar-refractivity contribution in [1.29, 1.82) is 0 Å². The van der Waals surface area contributed by atoms with E-state index < -0.39 is 17.7 Å². The topological polar surface area (TPSA) is 64.1 Å². The van der Waals surface area contributed by atoms with E-state index in [9.17, 15) is 8.78 Å². The van der Waals surface area contributed by atoms with E-state index in [4.69, 9.17) is 23.2 Å². The van der Waals surface area contributed by atoms with Gasteiger partial charge in [-0.1, -0.05) is 23.7 Å². The third-order valence-corrected chi connectivity index (χ3v) is 3.37. The highest BCUT2D eigenvalue weighted by atomic mass is 35.5. The molecule has 0 bridgehead atoms. The van der Waals surface area contributed by atoms with Crippen LogP contribution in [0, 0.1) is 11.6 Å². The minimum Gasteiger partial charge on any atom is -0.398 e. The summed E-state index contributed by atoms with van der Waals surface area (Å²) in [6.45, 7) is 0. The first-order valence-electron chi connectivity index (χ1n) is 5.97. The summed E-state index contributed by atoms with van der Waals surface area (Å²) in [5.41, 5.74) is 9.57. The first kappa shape index (κ1) is 14.7. The van der Waals surface area contributed by atoms with Crippen molar-refractivity contribution in [3.63, 3.8) is 0 Å². The molecular weight excluding hydrogens is 284 g/mol. The minimum absolute atomic E-state index is 0.0329. The van der Waals surface area contributed by atoms with Crippen LogP contribution in [0.3, 0.4) is 0 Å². The molecule has 2 aromatic rings. The van der Waals surface area contributed by atoms with E-state index in [1.807, 2.05) is 0 Å². The summed E-state index contributed by atoms with van der Waals surface area (Å²) < 4.78 is 27.2. The molecule has 0 aliphatic carbocycles. The molecule has 0 saturated heterocycles. The number of hydrogen-bond donors (Lipinski definition) is 3. The van der Waals surface area contributed by atoms with Gasteiger partial charge in [0.25, 0.3) is 0 Å². The molecule has 6 heteroatoms. The van der Waals surface area contributed by atoms with Crippen LogP contribution in [-0.2, 0) is 6.42 Å². The van der Waals surface area contributed by atoms with Crippen LogP contribution in [0.15, 0.2) is 36.4 Å². The molecule has 0 amide bonds. The molecule has 1 unspecified atom stereocenters. The van der Waals surface area contributed by atoms with Crippen LogP contribution < -0.4 is 17.0 Å². The molecule has 0 spiro atoms. The van der Waals surface area contributed by atoms with Gasteiger partial charge in [0.15, 0.2) is 0 Å². The lowest BCUT2D eigenvalue weighted by molar-refractivity contribution is 0.526. The highest BCUT2D eigenvalue weighted by molar-refractivity contribution is 6.30. The van der Waals surface area contributed by atoms with Gasteiger partial charge in [-0.25, -0.2) is 8.78 Å². The second-order valence-electron chi connectivity index (χ2n) is 4.41. The van der Waals surface area contributed by atoms with E-state index >= 15 is 0 Å². The van der Waals surface area contributed by atoms with Crippen LogP contribution in [0.4, 0.5) is 14.5 Å². The number of anilines is 1. The van der Waals surface area contributed by atoms with Gasteiger partial charge >= 0.3 is 0 Å². The Kier molecular flexibility index (Phi) is 4.54. The third-order valence-electron chi connectivity index (χ3n) is 3.08. The normalized spacial score (nSPS) is 12.4. The number of hydrogen-bond acceptors (Lipinski definition) is 3. The molecule has 0 radical (unpaired) electrons. The molecule has 0 aliphatic heterocycles. The number of halogens is 3. The molecule has 2 aromatic carbocycles. The molecule has 0 aliphatic rings. The van der Waals surface area contributed by atoms with Gasteiger partial charge in [0, 0.05) is 5.69 Å². The van der Waals surface area contributed by atoms with E-state index in [1.165, 1.54) is 24.3 Å². The molecule has 0 saturated carbocycles. The maximum atomic E-state index is 13.9. The second kappa shape index (κ2) is 6.17. The quantitative estimate of drug-likeness (QED) is 0.462. The van der Waals surface area contributed by atoms with Gasteiger partial charge in [0.05, 0.1) is 11.1 Å². The maximum absolute atomic E-state index is 13.9. The Bertz CT molecular complexity index is 619. The van der Waals surface area contributed by atoms with Gasteiger partial charge in [-0.15, -0.1) is 0 Å². The van der Waals surface area contributed by atoms with Crippen molar-refractivity contribution in [2.24, 2.45) is 5.84 Å². The van der Waals surface area contributed by atoms with Crippen LogP contribution >= 0.6 is 11.6 Å². The lowest BCUT2D eigenvalue weighted by atomic mass is 9.97. The van der Waals surface area contributed by atoms with Crippen molar-refractivity contribution in [2.45, 2.75) is 12.5 Å². The number of nitrogens with two attached hydrogens (primary N) is 2. The van der Waals surface area contributed by atoms with Crippen molar-refractivity contribution < 1.29 is 8.78 Å². The van der Waals surface area contributed by atoms with Crippen LogP contribution in [0.2, 0.25) is 5.02 Å². The van der Waals surface area contributed by atoms with Crippen LogP contribution in [0.1, 0.15) is 17.2 Å². The summed E-state index contributed by atoms with van der Waals surface area (Å²) in [6.07, 6.45) is 0.205. The Labute approximate surface area is 120 Å². The molecule has 5 N–H and O–H groups in total. The first-order valence-corrected chi connectivity index (χ1v) is 6.34. The fourth-order valence-electron chi connectivity index (χ4n) is 2.03. The van der Waals surface area contributed by atoms with E-state index in [0.717, 1.165) is 0 Å². The molecule has 3 nitrogen and oxygen atoms in total.